The smallest absolute Gasteiger partial charge is 0.222 e. The van der Waals surface area contributed by atoms with Gasteiger partial charge in [0.05, 0.1) is 20.8 Å². The molecule has 2 aromatic rings. The third-order valence-electron chi connectivity index (χ3n) is 3.91. The van der Waals surface area contributed by atoms with Gasteiger partial charge in [0.1, 0.15) is 5.75 Å². The van der Waals surface area contributed by atoms with Crippen molar-refractivity contribution < 1.29 is 19.0 Å². The number of halogens is 1. The average molecular weight is 378 g/mol. The molecule has 140 valence electrons. The Morgan fingerprint density at radius 2 is 1.73 bits per heavy atom. The van der Waals surface area contributed by atoms with Crippen LogP contribution in [0, 0.1) is 0 Å². The van der Waals surface area contributed by atoms with Crippen molar-refractivity contribution in [2.75, 3.05) is 27.9 Å². The van der Waals surface area contributed by atoms with Crippen molar-refractivity contribution >= 4 is 17.5 Å². The second-order valence-corrected chi connectivity index (χ2v) is 6.28. The fraction of sp³-hybridized carbons (Fsp3) is 0.350. The highest BCUT2D eigenvalue weighted by molar-refractivity contribution is 6.30. The summed E-state index contributed by atoms with van der Waals surface area (Å²) in [4.78, 5) is 14.0. The molecule has 0 fully saturated rings. The van der Waals surface area contributed by atoms with E-state index in [-0.39, 0.29) is 5.91 Å². The van der Waals surface area contributed by atoms with Gasteiger partial charge in [0.15, 0.2) is 11.5 Å². The molecule has 1 amide bonds. The quantitative estimate of drug-likeness (QED) is 0.615. The van der Waals surface area contributed by atoms with Crippen molar-refractivity contribution in [2.24, 2.45) is 0 Å². The van der Waals surface area contributed by atoms with E-state index in [4.69, 9.17) is 25.8 Å². The number of nitrogens with zero attached hydrogens (tertiary/aromatic N) is 1. The molecule has 0 N–H and O–H groups in total. The van der Waals surface area contributed by atoms with Crippen molar-refractivity contribution in [3.63, 3.8) is 0 Å². The second kappa shape index (κ2) is 9.92. The van der Waals surface area contributed by atoms with E-state index in [0.717, 1.165) is 11.3 Å². The molecule has 0 aliphatic rings. The monoisotopic (exact) mass is 377 g/mol. The summed E-state index contributed by atoms with van der Waals surface area (Å²) in [6.45, 7) is 0.995. The number of ether oxygens (including phenoxy) is 3. The van der Waals surface area contributed by atoms with Crippen molar-refractivity contribution in [3.05, 3.63) is 53.1 Å². The maximum Gasteiger partial charge on any atom is 0.222 e. The zero-order valence-electron chi connectivity index (χ0n) is 15.3. The number of methoxy groups -OCH3 is 2. The number of benzene rings is 2. The molecule has 0 saturated carbocycles. The standard InChI is InChI=1S/C20H24ClNO4/c1-22(14-15-6-11-18(24-2)19(13-15)25-3)20(23)5-4-12-26-17-9-7-16(21)8-10-17/h6-11,13H,4-5,12,14H2,1-3H3. The predicted octanol–water partition coefficient (Wildman–Crippen LogP) is 4.17. The molecular weight excluding hydrogens is 354 g/mol. The first-order valence-corrected chi connectivity index (χ1v) is 8.74. The number of rotatable bonds is 9. The summed E-state index contributed by atoms with van der Waals surface area (Å²) in [6, 6.07) is 12.8. The molecule has 0 heterocycles. The Hall–Kier alpha value is -2.40. The van der Waals surface area contributed by atoms with Crippen LogP contribution in [0.4, 0.5) is 0 Å². The highest BCUT2D eigenvalue weighted by Gasteiger charge is 2.11. The van der Waals surface area contributed by atoms with Gasteiger partial charge in [-0.3, -0.25) is 4.79 Å². The van der Waals surface area contributed by atoms with Crippen LogP contribution in [0.1, 0.15) is 18.4 Å². The molecule has 6 heteroatoms. The zero-order valence-corrected chi connectivity index (χ0v) is 16.1. The number of carbonyl (C=O) groups is 1. The number of carbonyl (C=O) groups excluding carboxylic acids is 1. The van der Waals surface area contributed by atoms with Crippen LogP contribution < -0.4 is 14.2 Å². The van der Waals surface area contributed by atoms with Crippen LogP contribution in [0.15, 0.2) is 42.5 Å². The first kappa shape index (κ1) is 19.9. The van der Waals surface area contributed by atoms with Crippen LogP contribution in [0.25, 0.3) is 0 Å². The summed E-state index contributed by atoms with van der Waals surface area (Å²) < 4.78 is 16.1. The fourth-order valence-corrected chi connectivity index (χ4v) is 2.60. The highest BCUT2D eigenvalue weighted by atomic mass is 35.5. The van der Waals surface area contributed by atoms with E-state index in [1.165, 1.54) is 0 Å². The van der Waals surface area contributed by atoms with Gasteiger partial charge in [-0.15, -0.1) is 0 Å². The predicted molar refractivity (Wildman–Crippen MR) is 102 cm³/mol. The first-order valence-electron chi connectivity index (χ1n) is 8.36. The Labute approximate surface area is 159 Å². The van der Waals surface area contributed by atoms with Gasteiger partial charge < -0.3 is 19.1 Å². The summed E-state index contributed by atoms with van der Waals surface area (Å²) >= 11 is 5.83. The second-order valence-electron chi connectivity index (χ2n) is 5.85. The minimum Gasteiger partial charge on any atom is -0.494 e. The Balaban J connectivity index is 1.77. The van der Waals surface area contributed by atoms with E-state index in [1.54, 1.807) is 38.3 Å². The van der Waals surface area contributed by atoms with Crippen molar-refractivity contribution in [3.8, 4) is 17.2 Å². The minimum absolute atomic E-state index is 0.0690. The lowest BCUT2D eigenvalue weighted by molar-refractivity contribution is -0.130. The third-order valence-corrected chi connectivity index (χ3v) is 4.16. The molecule has 26 heavy (non-hydrogen) atoms. The van der Waals surface area contributed by atoms with Crippen LogP contribution >= 0.6 is 11.6 Å². The lowest BCUT2D eigenvalue weighted by Crippen LogP contribution is -2.26. The van der Waals surface area contributed by atoms with Gasteiger partial charge in [0, 0.05) is 25.0 Å². The maximum atomic E-state index is 12.3. The van der Waals surface area contributed by atoms with Crippen molar-refractivity contribution in [1.82, 2.24) is 4.90 Å². The average Bonchev–Trinajstić information content (AvgIpc) is 2.66. The van der Waals surface area contributed by atoms with E-state index in [2.05, 4.69) is 0 Å². The van der Waals surface area contributed by atoms with Gasteiger partial charge in [-0.25, -0.2) is 0 Å². The summed E-state index contributed by atoms with van der Waals surface area (Å²) in [5.41, 5.74) is 0.982. The van der Waals surface area contributed by atoms with Gasteiger partial charge in [0.2, 0.25) is 5.91 Å². The van der Waals surface area contributed by atoms with E-state index in [0.29, 0.717) is 42.5 Å². The van der Waals surface area contributed by atoms with E-state index >= 15 is 0 Å². The largest absolute Gasteiger partial charge is 0.494 e. The van der Waals surface area contributed by atoms with Gasteiger partial charge in [0.25, 0.3) is 0 Å². The molecule has 0 aliphatic carbocycles. The molecule has 0 spiro atoms. The molecule has 0 saturated heterocycles. The van der Waals surface area contributed by atoms with Gasteiger partial charge in [-0.2, -0.15) is 0 Å². The lowest BCUT2D eigenvalue weighted by Gasteiger charge is -2.18. The molecule has 5 nitrogen and oxygen atoms in total. The molecule has 0 bridgehead atoms. The molecule has 0 aliphatic heterocycles. The summed E-state index contributed by atoms with van der Waals surface area (Å²) in [5.74, 6) is 2.15. The van der Waals surface area contributed by atoms with E-state index in [9.17, 15) is 4.79 Å². The van der Waals surface area contributed by atoms with Gasteiger partial charge in [-0.1, -0.05) is 17.7 Å². The van der Waals surface area contributed by atoms with E-state index < -0.39 is 0 Å². The molecule has 2 rings (SSSR count). The van der Waals surface area contributed by atoms with Crippen LogP contribution in [0.2, 0.25) is 5.02 Å². The molecule has 0 unspecified atom stereocenters. The van der Waals surface area contributed by atoms with Gasteiger partial charge >= 0.3 is 0 Å². The SMILES string of the molecule is COc1ccc(CN(C)C(=O)CCCOc2ccc(Cl)cc2)cc1OC. The third kappa shape index (κ3) is 5.85. The summed E-state index contributed by atoms with van der Waals surface area (Å²) in [7, 11) is 4.98. The Kier molecular flexibility index (Phi) is 7.60. The molecule has 0 radical (unpaired) electrons. The molecule has 2 aromatic carbocycles. The fourth-order valence-electron chi connectivity index (χ4n) is 2.48. The molecular formula is C20H24ClNO4. The summed E-state index contributed by atoms with van der Waals surface area (Å²) in [5, 5.41) is 0.671. The van der Waals surface area contributed by atoms with Crippen LogP contribution in [0.3, 0.4) is 0 Å². The minimum atomic E-state index is 0.0690. The topological polar surface area (TPSA) is 48.0 Å². The maximum absolute atomic E-state index is 12.3. The van der Waals surface area contributed by atoms with Crippen LogP contribution in [0.5, 0.6) is 17.2 Å². The Morgan fingerprint density at radius 1 is 1.04 bits per heavy atom. The lowest BCUT2D eigenvalue weighted by atomic mass is 10.2. The van der Waals surface area contributed by atoms with Crippen LogP contribution in [-0.4, -0.2) is 38.7 Å². The first-order chi connectivity index (χ1) is 12.5. The van der Waals surface area contributed by atoms with Crippen molar-refractivity contribution in [2.45, 2.75) is 19.4 Å². The molecule has 0 atom stereocenters. The number of hydrogen-bond donors (Lipinski definition) is 0. The van der Waals surface area contributed by atoms with Gasteiger partial charge in [-0.05, 0) is 48.4 Å². The molecule has 0 aromatic heterocycles. The Bertz CT molecular complexity index is 718. The van der Waals surface area contributed by atoms with Crippen molar-refractivity contribution in [1.29, 1.82) is 0 Å². The Morgan fingerprint density at radius 3 is 2.38 bits per heavy atom. The zero-order chi connectivity index (χ0) is 18.9. The summed E-state index contributed by atoms with van der Waals surface area (Å²) in [6.07, 6.45) is 1.08. The highest BCUT2D eigenvalue weighted by Crippen LogP contribution is 2.28. The van der Waals surface area contributed by atoms with Crippen LogP contribution in [-0.2, 0) is 11.3 Å². The number of amides is 1. The van der Waals surface area contributed by atoms with E-state index in [1.807, 2.05) is 30.3 Å². The number of hydrogen-bond acceptors (Lipinski definition) is 4. The normalized spacial score (nSPS) is 10.3.